The lowest BCUT2D eigenvalue weighted by Gasteiger charge is -2.56. The van der Waals surface area contributed by atoms with Crippen molar-refractivity contribution in [2.24, 2.45) is 22.1 Å². The Labute approximate surface area is 276 Å². The molecule has 12 heteroatoms. The third-order valence-corrected chi connectivity index (χ3v) is 12.9. The van der Waals surface area contributed by atoms with Gasteiger partial charge in [0.25, 0.3) is 0 Å². The molecule has 48 heavy (non-hydrogen) atoms. The van der Waals surface area contributed by atoms with Gasteiger partial charge in [-0.1, -0.05) is 46.7 Å². The number of likely N-dealkylation sites (N-methyl/N-ethyl adjacent to an activating group) is 2. The first-order chi connectivity index (χ1) is 23.2. The van der Waals surface area contributed by atoms with E-state index in [1.165, 1.54) is 0 Å². The molecular formula is C36H36N4O8. The predicted molar refractivity (Wildman–Crippen MR) is 169 cm³/mol. The Hall–Kier alpha value is -4.10. The number of carbonyl (C=O) groups excluding carboxylic acids is 2. The zero-order chi connectivity index (χ0) is 32.7. The molecule has 0 saturated carbocycles. The van der Waals surface area contributed by atoms with Crippen LogP contribution in [0.2, 0.25) is 0 Å². The lowest BCUT2D eigenvalue weighted by molar-refractivity contribution is -0.0453. The molecule has 2 aromatic rings. The third-order valence-electron chi connectivity index (χ3n) is 12.9. The zero-order valence-corrected chi connectivity index (χ0v) is 26.6. The third kappa shape index (κ3) is 3.53. The van der Waals surface area contributed by atoms with Crippen molar-refractivity contribution in [2.45, 2.75) is 73.0 Å². The number of aliphatic hydroxyl groups excluding tert-OH is 2. The normalized spacial score (nSPS) is 39.0. The standard InChI is InChI=1S/C36H36N4O8/c1-39-13-11-35-19-5-7-23(41)31(35)47-29-25(9-3-17(27(29)35)15-21(19)39)45-33(43)37-38-34(44)46-26-10-4-18-16-22-20-6-8-24(42)32-36(20,12-14-40(22)2)28(18)30(26)48-32/h3-10,19-24,31-32,41-42H,11-16H2,1-2H3/t19-,20-,21+,22+,23-,24-,31-,32-,35-,36-/m0/s1. The molecule has 2 fully saturated rings. The molecule has 4 aliphatic heterocycles. The molecule has 4 bridgehead atoms. The molecule has 2 aromatic carbocycles. The van der Waals surface area contributed by atoms with Gasteiger partial charge in [-0.15, -0.1) is 0 Å². The van der Waals surface area contributed by atoms with Gasteiger partial charge in [-0.25, -0.2) is 9.59 Å². The van der Waals surface area contributed by atoms with E-state index in [4.69, 9.17) is 18.9 Å². The molecule has 2 saturated heterocycles. The number of hydrogen-bond donors (Lipinski definition) is 2. The summed E-state index contributed by atoms with van der Waals surface area (Å²) in [6.07, 6.45) is 6.40. The Morgan fingerprint density at radius 1 is 0.729 bits per heavy atom. The molecule has 10 atom stereocenters. The molecule has 0 aromatic heterocycles. The second-order valence-electron chi connectivity index (χ2n) is 14.8. The Morgan fingerprint density at radius 3 is 1.60 bits per heavy atom. The van der Waals surface area contributed by atoms with E-state index in [9.17, 15) is 19.8 Å². The predicted octanol–water partition coefficient (Wildman–Crippen LogP) is 3.45. The minimum Gasteiger partial charge on any atom is -0.482 e. The molecule has 4 aliphatic carbocycles. The molecule has 0 radical (unpaired) electrons. The molecule has 2 amide bonds. The number of hydrogen-bond acceptors (Lipinski definition) is 10. The fraction of sp³-hybridized carbons (Fsp3) is 0.500. The van der Waals surface area contributed by atoms with Crippen molar-refractivity contribution < 1.29 is 38.7 Å². The monoisotopic (exact) mass is 652 g/mol. The van der Waals surface area contributed by atoms with E-state index in [-0.39, 0.29) is 23.3 Å². The fourth-order valence-corrected chi connectivity index (χ4v) is 10.9. The van der Waals surface area contributed by atoms with Gasteiger partial charge in [0.05, 0.1) is 0 Å². The van der Waals surface area contributed by atoms with Crippen molar-refractivity contribution in [1.82, 2.24) is 9.80 Å². The Bertz CT molecular complexity index is 1760. The van der Waals surface area contributed by atoms with Gasteiger partial charge in [0, 0.05) is 45.9 Å². The van der Waals surface area contributed by atoms with Crippen molar-refractivity contribution in [3.05, 3.63) is 70.8 Å². The van der Waals surface area contributed by atoms with Crippen LogP contribution < -0.4 is 18.9 Å². The summed E-state index contributed by atoms with van der Waals surface area (Å²) in [5.41, 5.74) is 3.43. The first-order valence-corrected chi connectivity index (χ1v) is 16.9. The largest absolute Gasteiger partial charge is 0.482 e. The summed E-state index contributed by atoms with van der Waals surface area (Å²) in [5, 5.41) is 29.0. The fourth-order valence-electron chi connectivity index (χ4n) is 10.9. The van der Waals surface area contributed by atoms with Crippen LogP contribution in [0.5, 0.6) is 23.0 Å². The van der Waals surface area contributed by atoms with Gasteiger partial charge in [0.15, 0.2) is 23.0 Å². The van der Waals surface area contributed by atoms with Crippen molar-refractivity contribution in [1.29, 1.82) is 0 Å². The minimum atomic E-state index is -1.10. The van der Waals surface area contributed by atoms with Crippen LogP contribution >= 0.6 is 0 Å². The average Bonchev–Trinajstić information content (AvgIpc) is 3.62. The number of nitrogens with zero attached hydrogens (tertiary/aromatic N) is 4. The Kier molecular flexibility index (Phi) is 5.86. The van der Waals surface area contributed by atoms with E-state index in [1.807, 2.05) is 24.3 Å². The SMILES string of the molecule is CN1CC[C@]23c4c5ccc(OC(=O)N=NC(=O)Oc6ccc7c8c6O[C@H]6[C@@H](O)C=C[C@H]9[C@@H](C7)N(C)CC[C@@]896)c4O[C@H]2[C@@H](O)C=C[C@H]3[C@H]1C5. The molecular weight excluding hydrogens is 616 g/mol. The van der Waals surface area contributed by atoms with Crippen LogP contribution in [0.4, 0.5) is 9.59 Å². The highest BCUT2D eigenvalue weighted by Gasteiger charge is 2.65. The van der Waals surface area contributed by atoms with Gasteiger partial charge in [-0.3, -0.25) is 0 Å². The smallest absolute Gasteiger partial charge is 0.458 e. The summed E-state index contributed by atoms with van der Waals surface area (Å²) in [6.45, 7) is 1.74. The summed E-state index contributed by atoms with van der Waals surface area (Å²) in [7, 11) is 4.28. The average molecular weight is 653 g/mol. The van der Waals surface area contributed by atoms with Crippen LogP contribution in [0.25, 0.3) is 0 Å². The molecule has 2 N–H and O–H groups in total. The van der Waals surface area contributed by atoms with Gasteiger partial charge in [-0.2, -0.15) is 0 Å². The molecule has 0 unspecified atom stereocenters. The highest BCUT2D eigenvalue weighted by molar-refractivity contribution is 5.78. The number of azo groups is 1. The van der Waals surface area contributed by atoms with Crippen LogP contribution in [0.1, 0.15) is 35.1 Å². The molecule has 10 rings (SSSR count). The number of carbonyl (C=O) groups is 2. The zero-order valence-electron chi connectivity index (χ0n) is 26.6. The van der Waals surface area contributed by atoms with Gasteiger partial charge < -0.3 is 39.0 Å². The summed E-state index contributed by atoms with van der Waals surface area (Å²) in [6, 6.07) is 7.84. The van der Waals surface area contributed by atoms with Crippen molar-refractivity contribution in [3.8, 4) is 23.0 Å². The van der Waals surface area contributed by atoms with E-state index >= 15 is 0 Å². The molecule has 8 aliphatic rings. The van der Waals surface area contributed by atoms with Gasteiger partial charge >= 0.3 is 12.2 Å². The lowest BCUT2D eigenvalue weighted by atomic mass is 9.53. The first-order valence-electron chi connectivity index (χ1n) is 16.9. The summed E-state index contributed by atoms with van der Waals surface area (Å²) in [4.78, 5) is 30.6. The van der Waals surface area contributed by atoms with E-state index in [0.717, 1.165) is 61.0 Å². The van der Waals surface area contributed by atoms with Gasteiger partial charge in [0.2, 0.25) is 0 Å². The highest BCUT2D eigenvalue weighted by atomic mass is 16.6. The van der Waals surface area contributed by atoms with Gasteiger partial charge in [-0.05, 0) is 76.1 Å². The molecule has 248 valence electrons. The first kappa shape index (κ1) is 28.9. The number of piperidine rings is 2. The second-order valence-corrected chi connectivity index (χ2v) is 14.8. The number of amides is 2. The minimum absolute atomic E-state index is 0.169. The van der Waals surface area contributed by atoms with Crippen LogP contribution in [-0.4, -0.2) is 95.9 Å². The van der Waals surface area contributed by atoms with Crippen molar-refractivity contribution in [3.63, 3.8) is 0 Å². The van der Waals surface area contributed by atoms with Crippen molar-refractivity contribution >= 4 is 12.2 Å². The van der Waals surface area contributed by atoms with E-state index in [0.29, 0.717) is 23.6 Å². The number of aliphatic hydroxyl groups is 2. The molecule has 2 spiro atoms. The summed E-state index contributed by atoms with van der Waals surface area (Å²) in [5.74, 6) is 1.58. The van der Waals surface area contributed by atoms with Crippen LogP contribution in [-0.2, 0) is 23.7 Å². The maximum atomic E-state index is 12.9. The molecule has 4 heterocycles. The van der Waals surface area contributed by atoms with Gasteiger partial charge in [0.1, 0.15) is 24.4 Å². The van der Waals surface area contributed by atoms with Crippen molar-refractivity contribution in [2.75, 3.05) is 27.2 Å². The molecule has 12 nitrogen and oxygen atoms in total. The lowest BCUT2D eigenvalue weighted by Crippen LogP contribution is -2.64. The Balaban J connectivity index is 0.902. The van der Waals surface area contributed by atoms with E-state index < -0.39 is 47.4 Å². The second kappa shape index (κ2) is 9.75. The quantitative estimate of drug-likeness (QED) is 0.366. The number of rotatable bonds is 2. The summed E-state index contributed by atoms with van der Waals surface area (Å²) < 4.78 is 24.0. The number of benzene rings is 2. The maximum Gasteiger partial charge on any atom is 0.458 e. The van der Waals surface area contributed by atoms with Crippen LogP contribution in [0.15, 0.2) is 58.8 Å². The Morgan fingerprint density at radius 2 is 1.17 bits per heavy atom. The maximum absolute atomic E-state index is 12.9. The number of likely N-dealkylation sites (tertiary alicyclic amines) is 2. The summed E-state index contributed by atoms with van der Waals surface area (Å²) >= 11 is 0. The van der Waals surface area contributed by atoms with E-state index in [2.05, 4.69) is 46.3 Å². The highest BCUT2D eigenvalue weighted by Crippen LogP contribution is 2.64. The van der Waals surface area contributed by atoms with E-state index in [1.54, 1.807) is 12.1 Å². The number of ether oxygens (including phenoxy) is 4. The topological polar surface area (TPSA) is 143 Å². The van der Waals surface area contributed by atoms with Crippen LogP contribution in [0.3, 0.4) is 0 Å². The van der Waals surface area contributed by atoms with Crippen LogP contribution in [0, 0.1) is 11.8 Å².